The predicted molar refractivity (Wildman–Crippen MR) is 69.9 cm³/mol. The van der Waals surface area contributed by atoms with Gasteiger partial charge in [-0.2, -0.15) is 0 Å². The Balaban J connectivity index is 1.94. The third-order valence-corrected chi connectivity index (χ3v) is 3.66. The second-order valence-corrected chi connectivity index (χ2v) is 4.92. The van der Waals surface area contributed by atoms with Gasteiger partial charge in [0.05, 0.1) is 6.10 Å². The van der Waals surface area contributed by atoms with Gasteiger partial charge in [0.1, 0.15) is 11.6 Å². The topological polar surface area (TPSA) is 26.7 Å². The smallest absolute Gasteiger partial charge is 0.129 e. The first-order valence-corrected chi connectivity index (χ1v) is 6.68. The average Bonchev–Trinajstić information content (AvgIpc) is 2.42. The van der Waals surface area contributed by atoms with Gasteiger partial charge < -0.3 is 10.0 Å². The summed E-state index contributed by atoms with van der Waals surface area (Å²) >= 11 is 0. The second kappa shape index (κ2) is 6.41. The molecule has 0 bridgehead atoms. The number of hydrogen-bond acceptors (Lipinski definition) is 3. The highest BCUT2D eigenvalue weighted by atomic mass is 19.1. The Labute approximate surface area is 112 Å². The molecule has 0 radical (unpaired) electrons. The normalized spacial score (nSPS) is 19.6. The van der Waals surface area contributed by atoms with Crippen molar-refractivity contribution in [1.82, 2.24) is 9.80 Å². The third-order valence-electron chi connectivity index (χ3n) is 3.66. The van der Waals surface area contributed by atoms with Crippen molar-refractivity contribution in [3.8, 4) is 0 Å². The molecule has 5 heteroatoms. The van der Waals surface area contributed by atoms with Gasteiger partial charge in [0.15, 0.2) is 0 Å². The van der Waals surface area contributed by atoms with E-state index in [4.69, 9.17) is 0 Å². The minimum atomic E-state index is -0.983. The molecule has 1 heterocycles. The summed E-state index contributed by atoms with van der Waals surface area (Å²) in [6.45, 7) is 7.09. The molecule has 1 saturated heterocycles. The molecule has 1 aromatic carbocycles. The number of rotatable bonds is 4. The number of aliphatic hydroxyl groups is 1. The van der Waals surface area contributed by atoms with Crippen molar-refractivity contribution in [2.24, 2.45) is 0 Å². The van der Waals surface area contributed by atoms with Gasteiger partial charge in [-0.1, -0.05) is 6.92 Å². The van der Waals surface area contributed by atoms with Crippen LogP contribution >= 0.6 is 0 Å². The second-order valence-electron chi connectivity index (χ2n) is 4.92. The molecule has 1 aliphatic rings. The number of hydrogen-bond donors (Lipinski definition) is 1. The summed E-state index contributed by atoms with van der Waals surface area (Å²) in [7, 11) is 0. The number of piperazine rings is 1. The maximum Gasteiger partial charge on any atom is 0.129 e. The first-order valence-electron chi connectivity index (χ1n) is 6.68. The van der Waals surface area contributed by atoms with E-state index in [1.54, 1.807) is 0 Å². The quantitative estimate of drug-likeness (QED) is 0.901. The molecule has 0 spiro atoms. The van der Waals surface area contributed by atoms with Crippen molar-refractivity contribution in [3.63, 3.8) is 0 Å². The van der Waals surface area contributed by atoms with Crippen molar-refractivity contribution < 1.29 is 13.9 Å². The van der Waals surface area contributed by atoms with Crippen LogP contribution in [0.25, 0.3) is 0 Å². The van der Waals surface area contributed by atoms with E-state index >= 15 is 0 Å². The average molecular weight is 270 g/mol. The number of aliphatic hydroxyl groups excluding tert-OH is 1. The largest absolute Gasteiger partial charge is 0.387 e. The van der Waals surface area contributed by atoms with Crippen molar-refractivity contribution in [1.29, 1.82) is 0 Å². The Kier molecular flexibility index (Phi) is 4.85. The molecule has 1 unspecified atom stereocenters. The number of halogens is 2. The highest BCUT2D eigenvalue weighted by molar-refractivity contribution is 5.21. The zero-order valence-electron chi connectivity index (χ0n) is 11.1. The number of β-amino-alcohol motifs (C(OH)–C–C–N with tert-alkyl or cyclic N) is 1. The van der Waals surface area contributed by atoms with Crippen LogP contribution in [0, 0.1) is 11.6 Å². The molecule has 1 N–H and O–H groups in total. The van der Waals surface area contributed by atoms with Gasteiger partial charge in [0, 0.05) is 38.3 Å². The summed E-state index contributed by atoms with van der Waals surface area (Å²) in [6.07, 6.45) is -0.983. The summed E-state index contributed by atoms with van der Waals surface area (Å²) in [5.74, 6) is -1.08. The minimum absolute atomic E-state index is 0.0397. The van der Waals surface area contributed by atoms with E-state index in [-0.39, 0.29) is 5.56 Å². The van der Waals surface area contributed by atoms with Crippen molar-refractivity contribution in [2.45, 2.75) is 13.0 Å². The fourth-order valence-corrected chi connectivity index (χ4v) is 2.40. The minimum Gasteiger partial charge on any atom is -0.387 e. The third kappa shape index (κ3) is 3.72. The Bertz CT molecular complexity index is 420. The van der Waals surface area contributed by atoms with Gasteiger partial charge >= 0.3 is 0 Å². The fraction of sp³-hybridized carbons (Fsp3) is 0.571. The summed E-state index contributed by atoms with van der Waals surface area (Å²) in [5.41, 5.74) is 0.0397. The molecule has 0 amide bonds. The molecule has 19 heavy (non-hydrogen) atoms. The molecule has 1 aliphatic heterocycles. The Morgan fingerprint density at radius 2 is 1.79 bits per heavy atom. The van der Waals surface area contributed by atoms with Crippen LogP contribution in [0.4, 0.5) is 8.78 Å². The predicted octanol–water partition coefficient (Wildman–Crippen LogP) is 1.64. The monoisotopic (exact) mass is 270 g/mol. The fourth-order valence-electron chi connectivity index (χ4n) is 2.40. The molecule has 0 aromatic heterocycles. The van der Waals surface area contributed by atoms with E-state index < -0.39 is 17.7 Å². The maximum atomic E-state index is 13.5. The van der Waals surface area contributed by atoms with Gasteiger partial charge in [0.25, 0.3) is 0 Å². The first kappa shape index (κ1) is 14.4. The zero-order chi connectivity index (χ0) is 13.8. The highest BCUT2D eigenvalue weighted by Crippen LogP contribution is 2.20. The van der Waals surface area contributed by atoms with Gasteiger partial charge in [-0.15, -0.1) is 0 Å². The summed E-state index contributed by atoms with van der Waals surface area (Å²) < 4.78 is 26.6. The van der Waals surface area contributed by atoms with Crippen LogP contribution in [0.5, 0.6) is 0 Å². The lowest BCUT2D eigenvalue weighted by molar-refractivity contribution is 0.0725. The number of benzene rings is 1. The van der Waals surface area contributed by atoms with E-state index in [9.17, 15) is 13.9 Å². The molecule has 1 fully saturated rings. The van der Waals surface area contributed by atoms with Crippen LogP contribution in [0.1, 0.15) is 18.6 Å². The van der Waals surface area contributed by atoms with Gasteiger partial charge in [0.2, 0.25) is 0 Å². The molecular formula is C14H20F2N2O. The lowest BCUT2D eigenvalue weighted by atomic mass is 10.1. The van der Waals surface area contributed by atoms with E-state index in [1.165, 1.54) is 0 Å². The Morgan fingerprint density at radius 3 is 2.42 bits per heavy atom. The molecule has 3 nitrogen and oxygen atoms in total. The molecule has 0 saturated carbocycles. The van der Waals surface area contributed by atoms with E-state index in [2.05, 4.69) is 16.7 Å². The van der Waals surface area contributed by atoms with Crippen LogP contribution in [0.3, 0.4) is 0 Å². The Hall–Kier alpha value is -1.04. The van der Waals surface area contributed by atoms with Crippen molar-refractivity contribution in [3.05, 3.63) is 35.4 Å². The van der Waals surface area contributed by atoms with Crippen LogP contribution in [0.2, 0.25) is 0 Å². The summed E-state index contributed by atoms with van der Waals surface area (Å²) in [6, 6.07) is 3.19. The van der Waals surface area contributed by atoms with Crippen LogP contribution in [-0.2, 0) is 0 Å². The number of nitrogens with zero attached hydrogens (tertiary/aromatic N) is 2. The van der Waals surface area contributed by atoms with Crippen LogP contribution in [0.15, 0.2) is 18.2 Å². The zero-order valence-corrected chi connectivity index (χ0v) is 11.1. The van der Waals surface area contributed by atoms with E-state index in [1.807, 2.05) is 0 Å². The molecular weight excluding hydrogens is 250 g/mol. The SMILES string of the molecule is CCN1CCN(CC(O)c2cc(F)ccc2F)CC1. The molecule has 1 atom stereocenters. The van der Waals surface area contributed by atoms with Gasteiger partial charge in [-0.05, 0) is 24.7 Å². The van der Waals surface area contributed by atoms with Gasteiger partial charge in [-0.25, -0.2) is 8.78 Å². The maximum absolute atomic E-state index is 13.5. The van der Waals surface area contributed by atoms with Crippen LogP contribution < -0.4 is 0 Å². The molecule has 106 valence electrons. The molecule has 1 aromatic rings. The summed E-state index contributed by atoms with van der Waals surface area (Å²) in [5, 5.41) is 10.0. The van der Waals surface area contributed by atoms with Crippen LogP contribution in [-0.4, -0.2) is 54.2 Å². The van der Waals surface area contributed by atoms with Crippen molar-refractivity contribution >= 4 is 0 Å². The highest BCUT2D eigenvalue weighted by Gasteiger charge is 2.21. The summed E-state index contributed by atoms with van der Waals surface area (Å²) in [4.78, 5) is 4.41. The number of likely N-dealkylation sites (N-methyl/N-ethyl adjacent to an activating group) is 1. The Morgan fingerprint density at radius 1 is 1.16 bits per heavy atom. The molecule has 0 aliphatic carbocycles. The standard InChI is InChI=1S/C14H20F2N2O/c1-2-17-5-7-18(8-6-17)10-14(19)12-9-11(15)3-4-13(12)16/h3-4,9,14,19H,2,5-8,10H2,1H3. The lowest BCUT2D eigenvalue weighted by Crippen LogP contribution is -2.47. The first-order chi connectivity index (χ1) is 9.10. The lowest BCUT2D eigenvalue weighted by Gasteiger charge is -2.35. The van der Waals surface area contributed by atoms with Crippen molar-refractivity contribution in [2.75, 3.05) is 39.3 Å². The molecule has 2 rings (SSSR count). The van der Waals surface area contributed by atoms with E-state index in [0.29, 0.717) is 6.54 Å². The van der Waals surface area contributed by atoms with E-state index in [0.717, 1.165) is 50.9 Å². The van der Waals surface area contributed by atoms with Gasteiger partial charge in [-0.3, -0.25) is 4.90 Å².